The third-order valence-electron chi connectivity index (χ3n) is 3.91. The summed E-state index contributed by atoms with van der Waals surface area (Å²) in [5, 5.41) is 23.8. The van der Waals surface area contributed by atoms with Crippen molar-refractivity contribution in [3.63, 3.8) is 0 Å². The Morgan fingerprint density at radius 2 is 2.13 bits per heavy atom. The second kappa shape index (κ2) is 11.1. The van der Waals surface area contributed by atoms with Gasteiger partial charge >= 0.3 is 0 Å². The molecule has 0 fully saturated rings. The van der Waals surface area contributed by atoms with Crippen molar-refractivity contribution >= 4 is 46.3 Å². The van der Waals surface area contributed by atoms with E-state index in [1.165, 1.54) is 16.4 Å². The zero-order valence-corrected chi connectivity index (χ0v) is 18.7. The van der Waals surface area contributed by atoms with Crippen LogP contribution in [0.5, 0.6) is 0 Å². The molecule has 0 aliphatic rings. The lowest BCUT2D eigenvalue weighted by atomic mass is 10.4. The average molecular weight is 453 g/mol. The molecule has 1 amide bonds. The fourth-order valence-corrected chi connectivity index (χ4v) is 3.77. The van der Waals surface area contributed by atoms with Crippen molar-refractivity contribution < 1.29 is 9.53 Å². The van der Waals surface area contributed by atoms with Crippen LogP contribution >= 0.6 is 23.5 Å². The summed E-state index contributed by atoms with van der Waals surface area (Å²) in [7, 11) is 3.39. The maximum absolute atomic E-state index is 12.1. The summed E-state index contributed by atoms with van der Waals surface area (Å²) in [4.78, 5) is 21.3. The van der Waals surface area contributed by atoms with Crippen LogP contribution in [-0.4, -0.2) is 84.2 Å². The summed E-state index contributed by atoms with van der Waals surface area (Å²) < 4.78 is 8.40. The molecule has 0 atom stereocenters. The number of carbonyl (C=O) groups is 1. The maximum atomic E-state index is 12.1. The van der Waals surface area contributed by atoms with Crippen LogP contribution in [0.3, 0.4) is 0 Å². The average Bonchev–Trinajstić information content (AvgIpc) is 3.33. The monoisotopic (exact) mass is 452 g/mol. The molecule has 0 radical (unpaired) electrons. The van der Waals surface area contributed by atoms with Crippen molar-refractivity contribution in [1.29, 1.82) is 0 Å². The number of amides is 1. The molecule has 0 unspecified atom stereocenters. The van der Waals surface area contributed by atoms with Crippen molar-refractivity contribution in [3.05, 3.63) is 6.20 Å². The molecule has 3 heterocycles. The van der Waals surface area contributed by atoms with E-state index in [0.29, 0.717) is 36.6 Å². The quantitative estimate of drug-likeness (QED) is 0.225. The molecule has 0 spiro atoms. The van der Waals surface area contributed by atoms with Crippen LogP contribution < -0.4 is 10.6 Å². The lowest BCUT2D eigenvalue weighted by Gasteiger charge is -2.09. The fourth-order valence-electron chi connectivity index (χ4n) is 2.52. The molecular weight excluding hydrogens is 428 g/mol. The molecule has 3 rings (SSSR count). The van der Waals surface area contributed by atoms with Crippen molar-refractivity contribution in [2.45, 2.75) is 23.8 Å². The highest BCUT2D eigenvalue weighted by molar-refractivity contribution is 7.99. The number of thioether (sulfide) groups is 2. The lowest BCUT2D eigenvalue weighted by molar-refractivity contribution is -0.118. The highest BCUT2D eigenvalue weighted by Crippen LogP contribution is 2.24. The predicted octanol–water partition coefficient (Wildman–Crippen LogP) is 0.429. The third kappa shape index (κ3) is 5.79. The van der Waals surface area contributed by atoms with Gasteiger partial charge in [-0.15, -0.1) is 5.10 Å². The van der Waals surface area contributed by atoms with Crippen LogP contribution in [-0.2, 0) is 23.1 Å². The number of tetrazole rings is 1. The summed E-state index contributed by atoms with van der Waals surface area (Å²) in [6.45, 7) is 4.19. The highest BCUT2D eigenvalue weighted by Gasteiger charge is 2.13. The normalized spacial score (nSPS) is 11.2. The third-order valence-corrected chi connectivity index (χ3v) is 5.65. The van der Waals surface area contributed by atoms with Crippen LogP contribution in [0.15, 0.2) is 16.5 Å². The Labute approximate surface area is 181 Å². The topological polar surface area (TPSA) is 138 Å². The Hall–Kier alpha value is -2.45. The van der Waals surface area contributed by atoms with Gasteiger partial charge in [-0.1, -0.05) is 30.4 Å². The van der Waals surface area contributed by atoms with Crippen molar-refractivity contribution in [1.82, 2.24) is 45.3 Å². The summed E-state index contributed by atoms with van der Waals surface area (Å²) in [5.41, 5.74) is 0.731. The minimum absolute atomic E-state index is 0.0989. The summed E-state index contributed by atoms with van der Waals surface area (Å²) in [6, 6.07) is 0. The highest BCUT2D eigenvalue weighted by atomic mass is 32.2. The van der Waals surface area contributed by atoms with Gasteiger partial charge in [-0.2, -0.15) is 5.10 Å². The largest absolute Gasteiger partial charge is 0.383 e. The van der Waals surface area contributed by atoms with Crippen LogP contribution in [0.2, 0.25) is 0 Å². The van der Waals surface area contributed by atoms with Gasteiger partial charge in [0, 0.05) is 27.2 Å². The van der Waals surface area contributed by atoms with E-state index in [9.17, 15) is 4.79 Å². The number of fused-ring (bicyclic) bond motifs is 1. The zero-order chi connectivity index (χ0) is 21.3. The molecule has 0 saturated carbocycles. The molecule has 162 valence electrons. The van der Waals surface area contributed by atoms with E-state index in [0.717, 1.165) is 22.6 Å². The molecule has 0 saturated heterocycles. The number of aromatic nitrogens is 8. The number of carbonyl (C=O) groups excluding carboxylic acids is 1. The van der Waals surface area contributed by atoms with Gasteiger partial charge in [-0.25, -0.2) is 19.3 Å². The van der Waals surface area contributed by atoms with Gasteiger partial charge in [0.2, 0.25) is 11.1 Å². The molecule has 30 heavy (non-hydrogen) atoms. The molecule has 0 bridgehead atoms. The van der Waals surface area contributed by atoms with Gasteiger partial charge < -0.3 is 15.4 Å². The van der Waals surface area contributed by atoms with E-state index in [1.54, 1.807) is 36.8 Å². The number of aryl methyl sites for hydroxylation is 1. The Morgan fingerprint density at radius 1 is 1.27 bits per heavy atom. The van der Waals surface area contributed by atoms with Gasteiger partial charge in [0.15, 0.2) is 10.8 Å². The van der Waals surface area contributed by atoms with E-state index in [-0.39, 0.29) is 11.7 Å². The van der Waals surface area contributed by atoms with E-state index < -0.39 is 0 Å². The first-order chi connectivity index (χ1) is 14.6. The first kappa shape index (κ1) is 22.2. The lowest BCUT2D eigenvalue weighted by Crippen LogP contribution is -2.29. The standard InChI is InChI=1S/C16H24N10O2S2/c1-4-29-15-20-13(18-6-8-28-3)11-9-19-26(14(11)21-15)7-5-17-12(27)10-30-16-22-23-24-25(16)2/h9H,4-8,10H2,1-3H3,(H,17,27)(H,18,20,21). The van der Waals surface area contributed by atoms with Crippen molar-refractivity contribution in [2.24, 2.45) is 7.05 Å². The first-order valence-electron chi connectivity index (χ1n) is 9.33. The number of hydrogen-bond acceptors (Lipinski definition) is 11. The second-order valence-electron chi connectivity index (χ2n) is 6.04. The number of nitrogens with one attached hydrogen (secondary N) is 2. The second-order valence-corrected chi connectivity index (χ2v) is 8.21. The SMILES string of the molecule is CCSc1nc(NCCOC)c2cnn(CCNC(=O)CSc3nnnn3C)c2n1. The van der Waals surface area contributed by atoms with Crippen molar-refractivity contribution in [2.75, 3.05) is 43.6 Å². The van der Waals surface area contributed by atoms with E-state index in [1.807, 2.05) is 0 Å². The summed E-state index contributed by atoms with van der Waals surface area (Å²) in [5.74, 6) is 1.74. The molecule has 3 aromatic heterocycles. The van der Waals surface area contributed by atoms with Gasteiger partial charge in [0.05, 0.1) is 30.5 Å². The Balaban J connectivity index is 1.61. The predicted molar refractivity (Wildman–Crippen MR) is 115 cm³/mol. The molecule has 0 aliphatic carbocycles. The minimum Gasteiger partial charge on any atom is -0.383 e. The minimum atomic E-state index is -0.0989. The van der Waals surface area contributed by atoms with Crippen molar-refractivity contribution in [3.8, 4) is 0 Å². The number of nitrogens with zero attached hydrogens (tertiary/aromatic N) is 8. The van der Waals surface area contributed by atoms with Crippen LogP contribution in [0, 0.1) is 0 Å². The molecule has 0 aliphatic heterocycles. The van der Waals surface area contributed by atoms with E-state index in [2.05, 4.69) is 48.1 Å². The van der Waals surface area contributed by atoms with E-state index in [4.69, 9.17) is 4.74 Å². The number of rotatable bonds is 12. The zero-order valence-electron chi connectivity index (χ0n) is 17.0. The molecule has 2 N–H and O–H groups in total. The van der Waals surface area contributed by atoms with E-state index >= 15 is 0 Å². The smallest absolute Gasteiger partial charge is 0.230 e. The number of hydrogen-bond donors (Lipinski definition) is 2. The van der Waals surface area contributed by atoms with Crippen LogP contribution in [0.1, 0.15) is 6.92 Å². The number of methoxy groups -OCH3 is 1. The molecule has 12 nitrogen and oxygen atoms in total. The Kier molecular flexibility index (Phi) is 8.21. The van der Waals surface area contributed by atoms with Gasteiger partial charge in [0.25, 0.3) is 0 Å². The van der Waals surface area contributed by atoms with Gasteiger partial charge in [0.1, 0.15) is 5.82 Å². The van der Waals surface area contributed by atoms with Crippen LogP contribution in [0.25, 0.3) is 11.0 Å². The molecule has 14 heteroatoms. The summed E-state index contributed by atoms with van der Waals surface area (Å²) >= 11 is 2.85. The number of anilines is 1. The first-order valence-corrected chi connectivity index (χ1v) is 11.3. The molecule has 0 aromatic carbocycles. The fraction of sp³-hybridized carbons (Fsp3) is 0.562. The van der Waals surface area contributed by atoms with Gasteiger partial charge in [-0.05, 0) is 16.2 Å². The maximum Gasteiger partial charge on any atom is 0.230 e. The summed E-state index contributed by atoms with van der Waals surface area (Å²) in [6.07, 6.45) is 1.74. The molecular formula is C16H24N10O2S2. The number of ether oxygens (including phenoxy) is 1. The Bertz CT molecular complexity index is 976. The Morgan fingerprint density at radius 3 is 2.87 bits per heavy atom. The van der Waals surface area contributed by atoms with Gasteiger partial charge in [-0.3, -0.25) is 4.79 Å². The van der Waals surface area contributed by atoms with Crippen LogP contribution in [0.4, 0.5) is 5.82 Å². The molecule has 3 aromatic rings.